The summed E-state index contributed by atoms with van der Waals surface area (Å²) in [5, 5.41) is 3.32. The van der Waals surface area contributed by atoms with E-state index in [9.17, 15) is 13.2 Å². The molecule has 1 heterocycles. The van der Waals surface area contributed by atoms with Gasteiger partial charge in [-0.1, -0.05) is 49.4 Å². The molecule has 1 N–H and O–H groups in total. The van der Waals surface area contributed by atoms with Crippen LogP contribution in [-0.4, -0.2) is 13.1 Å². The van der Waals surface area contributed by atoms with E-state index in [4.69, 9.17) is 0 Å². The van der Waals surface area contributed by atoms with Gasteiger partial charge >= 0.3 is 0 Å². The fourth-order valence-corrected chi connectivity index (χ4v) is 4.12. The predicted octanol–water partition coefficient (Wildman–Crippen LogP) is 5.42. The molecule has 3 aromatic rings. The molecule has 0 saturated carbocycles. The molecule has 3 aromatic carbocycles. The van der Waals surface area contributed by atoms with Gasteiger partial charge < -0.3 is 5.32 Å². The third-order valence-corrected chi connectivity index (χ3v) is 5.64. The largest absolute Gasteiger partial charge is 0.315 e. The van der Waals surface area contributed by atoms with Crippen LogP contribution in [0.4, 0.5) is 13.2 Å². The quantitative estimate of drug-likeness (QED) is 0.652. The van der Waals surface area contributed by atoms with Gasteiger partial charge in [-0.2, -0.15) is 0 Å². The molecule has 0 aliphatic carbocycles. The number of benzene rings is 3. The summed E-state index contributed by atoms with van der Waals surface area (Å²) in [6, 6.07) is 17.9. The van der Waals surface area contributed by atoms with E-state index in [1.54, 1.807) is 36.4 Å². The maximum Gasteiger partial charge on any atom is 0.134 e. The highest BCUT2D eigenvalue weighted by Gasteiger charge is 2.41. The summed E-state index contributed by atoms with van der Waals surface area (Å²) in [7, 11) is 0. The molecule has 1 aliphatic heterocycles. The number of hydrogen-bond acceptors (Lipinski definition) is 1. The highest BCUT2D eigenvalue weighted by atomic mass is 19.1. The van der Waals surface area contributed by atoms with Crippen molar-refractivity contribution in [2.24, 2.45) is 0 Å². The van der Waals surface area contributed by atoms with E-state index in [1.165, 1.54) is 24.3 Å². The molecule has 0 aromatic heterocycles. The zero-order chi connectivity index (χ0) is 19.0. The van der Waals surface area contributed by atoms with E-state index in [0.29, 0.717) is 24.2 Å². The van der Waals surface area contributed by atoms with Crippen LogP contribution in [-0.2, 0) is 5.41 Å². The molecule has 2 atom stereocenters. The lowest BCUT2D eigenvalue weighted by Gasteiger charge is -2.32. The average molecular weight is 367 g/mol. The average Bonchev–Trinajstić information content (AvgIpc) is 3.05. The fraction of sp³-hybridized carbons (Fsp3) is 0.217. The van der Waals surface area contributed by atoms with Gasteiger partial charge in [0, 0.05) is 24.4 Å². The molecule has 4 rings (SSSR count). The fourth-order valence-electron chi connectivity index (χ4n) is 4.12. The first-order valence-electron chi connectivity index (χ1n) is 9.00. The van der Waals surface area contributed by atoms with Gasteiger partial charge in [-0.3, -0.25) is 0 Å². The summed E-state index contributed by atoms with van der Waals surface area (Å²) in [6.45, 7) is 3.32. The Balaban J connectivity index is 1.76. The van der Waals surface area contributed by atoms with Crippen LogP contribution in [0.3, 0.4) is 0 Å². The monoisotopic (exact) mass is 367 g/mol. The molecule has 0 bridgehead atoms. The molecule has 0 amide bonds. The predicted molar refractivity (Wildman–Crippen MR) is 101 cm³/mol. The summed E-state index contributed by atoms with van der Waals surface area (Å²) < 4.78 is 43.0. The minimum Gasteiger partial charge on any atom is -0.315 e. The first kappa shape index (κ1) is 17.8. The molecular weight excluding hydrogens is 347 g/mol. The van der Waals surface area contributed by atoms with Crippen molar-refractivity contribution in [2.45, 2.75) is 18.3 Å². The van der Waals surface area contributed by atoms with Crippen LogP contribution in [0, 0.1) is 17.5 Å². The van der Waals surface area contributed by atoms with Crippen molar-refractivity contribution in [2.75, 3.05) is 13.1 Å². The van der Waals surface area contributed by atoms with Gasteiger partial charge in [0.05, 0.1) is 5.56 Å². The van der Waals surface area contributed by atoms with E-state index >= 15 is 0 Å². The minimum atomic E-state index is -0.565. The highest BCUT2D eigenvalue weighted by molar-refractivity contribution is 5.65. The zero-order valence-corrected chi connectivity index (χ0v) is 15.0. The number of nitrogens with one attached hydrogen (secondary N) is 1. The van der Waals surface area contributed by atoms with E-state index < -0.39 is 11.6 Å². The third-order valence-electron chi connectivity index (χ3n) is 5.64. The van der Waals surface area contributed by atoms with Crippen LogP contribution in [0.5, 0.6) is 0 Å². The van der Waals surface area contributed by atoms with Crippen LogP contribution >= 0.6 is 0 Å². The van der Waals surface area contributed by atoms with Crippen molar-refractivity contribution in [1.29, 1.82) is 0 Å². The van der Waals surface area contributed by atoms with E-state index in [-0.39, 0.29) is 22.7 Å². The van der Waals surface area contributed by atoms with E-state index in [1.807, 2.05) is 13.0 Å². The minimum absolute atomic E-state index is 0.00575. The smallest absolute Gasteiger partial charge is 0.134 e. The SMILES string of the molecule is C[C@]1(c2ccc(F)cc2)CNC[C@H]1c1cc(F)c(-c2ccccc2)c(F)c1. The molecule has 1 saturated heterocycles. The maximum atomic E-state index is 14.8. The molecule has 0 radical (unpaired) electrons. The highest BCUT2D eigenvalue weighted by Crippen LogP contribution is 2.43. The standard InChI is InChI=1S/C23H20F3N/c1-23(17-7-9-18(24)10-8-17)14-27-13-19(23)16-11-20(25)22(21(26)12-16)15-5-3-2-4-6-15/h2-12,19,27H,13-14H2,1H3/t19-,23+/m0/s1. The van der Waals surface area contributed by atoms with Crippen molar-refractivity contribution < 1.29 is 13.2 Å². The lowest BCUT2D eigenvalue weighted by molar-refractivity contribution is 0.459. The summed E-state index contributed by atoms with van der Waals surface area (Å²) >= 11 is 0. The van der Waals surface area contributed by atoms with Crippen LogP contribution in [0.2, 0.25) is 0 Å². The second-order valence-electron chi connectivity index (χ2n) is 7.33. The number of rotatable bonds is 3. The maximum absolute atomic E-state index is 14.8. The Labute approximate surface area is 156 Å². The molecular formula is C23H20F3N. The van der Waals surface area contributed by atoms with Crippen LogP contribution in [0.25, 0.3) is 11.1 Å². The van der Waals surface area contributed by atoms with Crippen molar-refractivity contribution in [3.8, 4) is 11.1 Å². The molecule has 1 aliphatic rings. The van der Waals surface area contributed by atoms with E-state index in [2.05, 4.69) is 5.32 Å². The zero-order valence-electron chi connectivity index (χ0n) is 15.0. The Bertz CT molecular complexity index is 930. The van der Waals surface area contributed by atoms with Gasteiger partial charge in [0.25, 0.3) is 0 Å². The van der Waals surface area contributed by atoms with Crippen molar-refractivity contribution >= 4 is 0 Å². The van der Waals surface area contributed by atoms with Gasteiger partial charge in [-0.05, 0) is 41.0 Å². The van der Waals surface area contributed by atoms with Crippen molar-refractivity contribution in [3.63, 3.8) is 0 Å². The Morgan fingerprint density at radius 3 is 2.15 bits per heavy atom. The summed E-state index contributed by atoms with van der Waals surface area (Å²) in [5.41, 5.74) is 1.70. The van der Waals surface area contributed by atoms with Gasteiger partial charge in [0.2, 0.25) is 0 Å². The first-order chi connectivity index (χ1) is 13.0. The Morgan fingerprint density at radius 1 is 0.889 bits per heavy atom. The van der Waals surface area contributed by atoms with Crippen molar-refractivity contribution in [3.05, 3.63) is 95.3 Å². The molecule has 4 heteroatoms. The summed E-state index contributed by atoms with van der Waals surface area (Å²) in [4.78, 5) is 0. The van der Waals surface area contributed by atoms with Crippen LogP contribution < -0.4 is 5.32 Å². The van der Waals surface area contributed by atoms with Gasteiger partial charge in [-0.15, -0.1) is 0 Å². The molecule has 0 spiro atoms. The Hall–Kier alpha value is -2.59. The second kappa shape index (κ2) is 6.86. The molecule has 138 valence electrons. The molecule has 0 unspecified atom stereocenters. The van der Waals surface area contributed by atoms with Crippen LogP contribution in [0.15, 0.2) is 66.7 Å². The summed E-state index contributed by atoms with van der Waals surface area (Å²) in [6.07, 6.45) is 0. The van der Waals surface area contributed by atoms with Crippen LogP contribution in [0.1, 0.15) is 24.0 Å². The first-order valence-corrected chi connectivity index (χ1v) is 9.00. The molecule has 1 fully saturated rings. The normalized spacial score (nSPS) is 22.1. The summed E-state index contributed by atoms with van der Waals surface area (Å²) in [5.74, 6) is -1.54. The number of hydrogen-bond donors (Lipinski definition) is 1. The third kappa shape index (κ3) is 3.15. The second-order valence-corrected chi connectivity index (χ2v) is 7.33. The van der Waals surface area contributed by atoms with Gasteiger partial charge in [0.1, 0.15) is 17.5 Å². The molecule has 1 nitrogen and oxygen atoms in total. The Kier molecular flexibility index (Phi) is 4.52. The van der Waals surface area contributed by atoms with Crippen molar-refractivity contribution in [1.82, 2.24) is 5.32 Å². The topological polar surface area (TPSA) is 12.0 Å². The Morgan fingerprint density at radius 2 is 1.52 bits per heavy atom. The van der Waals surface area contributed by atoms with E-state index in [0.717, 1.165) is 5.56 Å². The van der Waals surface area contributed by atoms with Gasteiger partial charge in [0.15, 0.2) is 0 Å². The van der Waals surface area contributed by atoms with Gasteiger partial charge in [-0.25, -0.2) is 13.2 Å². The lowest BCUT2D eigenvalue weighted by atomic mass is 9.71. The lowest BCUT2D eigenvalue weighted by Crippen LogP contribution is -2.30. The molecule has 27 heavy (non-hydrogen) atoms. The number of halogens is 3.